The summed E-state index contributed by atoms with van der Waals surface area (Å²) >= 11 is 0. The molecular weight excluding hydrogens is 504 g/mol. The smallest absolute Gasteiger partial charge is 0.339 e. The van der Waals surface area contributed by atoms with Gasteiger partial charge in [0.2, 0.25) is 11.8 Å². The quantitative estimate of drug-likeness (QED) is 0.186. The van der Waals surface area contributed by atoms with Crippen LogP contribution in [0.25, 0.3) is 22.2 Å². The van der Waals surface area contributed by atoms with Gasteiger partial charge in [0.1, 0.15) is 0 Å². The van der Waals surface area contributed by atoms with Crippen LogP contribution in [0.5, 0.6) is 0 Å². The molecule has 2 saturated carbocycles. The summed E-state index contributed by atoms with van der Waals surface area (Å²) in [6, 6.07) is 24.7. The van der Waals surface area contributed by atoms with E-state index in [4.69, 9.17) is 9.72 Å². The zero-order valence-corrected chi connectivity index (χ0v) is 21.7. The second kappa shape index (κ2) is 9.52. The van der Waals surface area contributed by atoms with Crippen LogP contribution >= 0.6 is 0 Å². The SMILES string of the molecule is O=C(COC(=O)c1cc(-c2cccc(N3C(=O)[C@@H]4[C@@H]5CC[C@@H](C5)[C@@H]4C3=O)c2)nc2ccccc12)c1ccccc1. The fourth-order valence-corrected chi connectivity index (χ4v) is 6.88. The number of rotatable bonds is 6. The number of nitrogens with zero attached hydrogens (tertiary/aromatic N) is 2. The number of carbonyl (C=O) groups excluding carboxylic acids is 4. The molecule has 0 spiro atoms. The van der Waals surface area contributed by atoms with Crippen LogP contribution in [0, 0.1) is 23.7 Å². The lowest BCUT2D eigenvalue weighted by Crippen LogP contribution is -2.32. The molecule has 0 unspecified atom stereocenters. The van der Waals surface area contributed by atoms with Gasteiger partial charge in [-0.25, -0.2) is 9.78 Å². The number of esters is 1. The number of anilines is 1. The van der Waals surface area contributed by atoms with Crippen molar-refractivity contribution in [2.24, 2.45) is 23.7 Å². The minimum atomic E-state index is -0.631. The highest BCUT2D eigenvalue weighted by Crippen LogP contribution is 2.56. The third-order valence-corrected chi connectivity index (χ3v) is 8.69. The molecule has 198 valence electrons. The minimum absolute atomic E-state index is 0.0989. The van der Waals surface area contributed by atoms with Crippen LogP contribution in [0.3, 0.4) is 0 Å². The van der Waals surface area contributed by atoms with Crippen molar-refractivity contribution in [3.8, 4) is 11.3 Å². The van der Waals surface area contributed by atoms with E-state index < -0.39 is 5.97 Å². The Kier molecular flexibility index (Phi) is 5.81. The van der Waals surface area contributed by atoms with Crippen molar-refractivity contribution < 1.29 is 23.9 Å². The Hall–Kier alpha value is -4.65. The van der Waals surface area contributed by atoms with E-state index in [9.17, 15) is 19.2 Å². The number of aromatic nitrogens is 1. The van der Waals surface area contributed by atoms with Crippen LogP contribution in [0.4, 0.5) is 5.69 Å². The van der Waals surface area contributed by atoms with Crippen LogP contribution in [0.15, 0.2) is 84.9 Å². The molecule has 2 bridgehead atoms. The minimum Gasteiger partial charge on any atom is -0.454 e. The molecular formula is C33H26N2O5. The van der Waals surface area contributed by atoms with Gasteiger partial charge >= 0.3 is 5.97 Å². The first-order chi connectivity index (χ1) is 19.5. The van der Waals surface area contributed by atoms with E-state index in [1.165, 1.54) is 4.90 Å². The highest BCUT2D eigenvalue weighted by Gasteiger charge is 2.61. The molecule has 2 aliphatic carbocycles. The van der Waals surface area contributed by atoms with Gasteiger partial charge in [0.25, 0.3) is 0 Å². The van der Waals surface area contributed by atoms with Crippen molar-refractivity contribution in [3.63, 3.8) is 0 Å². The fraction of sp³-hybridized carbons (Fsp3) is 0.242. The highest BCUT2D eigenvalue weighted by molar-refractivity contribution is 6.22. The van der Waals surface area contributed by atoms with Gasteiger partial charge in [-0.2, -0.15) is 0 Å². The summed E-state index contributed by atoms with van der Waals surface area (Å²) in [4.78, 5) is 58.6. The summed E-state index contributed by atoms with van der Waals surface area (Å²) in [5, 5.41) is 0.604. The van der Waals surface area contributed by atoms with Crippen molar-refractivity contribution in [1.29, 1.82) is 0 Å². The molecule has 4 aromatic rings. The molecule has 0 radical (unpaired) electrons. The van der Waals surface area contributed by atoms with E-state index in [-0.39, 0.29) is 41.6 Å². The molecule has 2 heterocycles. The number of Topliss-reactive ketones (excluding diaryl/α,β-unsaturated/α-hetero) is 1. The Balaban J connectivity index is 1.20. The standard InChI is InChI=1S/C33H26N2O5/c36-28(19-7-2-1-3-8-19)18-40-33(39)25-17-27(34-26-12-5-4-11-24(25)26)20-9-6-10-23(16-20)35-31(37)29-21-13-14-22(15-21)30(29)32(35)38/h1-12,16-17,21-22,29-30H,13-15,18H2/t21-,22+,29-,30+. The van der Waals surface area contributed by atoms with E-state index in [0.29, 0.717) is 45.2 Å². The summed E-state index contributed by atoms with van der Waals surface area (Å²) in [6.07, 6.45) is 3.03. The van der Waals surface area contributed by atoms with Crippen LogP contribution in [0.2, 0.25) is 0 Å². The van der Waals surface area contributed by atoms with Crippen molar-refractivity contribution in [1.82, 2.24) is 4.98 Å². The van der Waals surface area contributed by atoms with Crippen molar-refractivity contribution in [3.05, 3.63) is 96.1 Å². The Morgan fingerprint density at radius 1 is 0.825 bits per heavy atom. The van der Waals surface area contributed by atoms with Gasteiger partial charge in [0, 0.05) is 16.5 Å². The number of fused-ring (bicyclic) bond motifs is 6. The van der Waals surface area contributed by atoms with Gasteiger partial charge in [-0.1, -0.05) is 60.7 Å². The average Bonchev–Trinajstić information content (AvgIpc) is 3.69. The summed E-state index contributed by atoms with van der Waals surface area (Å²) in [6.45, 7) is -0.381. The number of benzene rings is 3. The lowest BCUT2D eigenvalue weighted by Gasteiger charge is -2.19. The van der Waals surface area contributed by atoms with Crippen LogP contribution in [0.1, 0.15) is 40.0 Å². The first-order valence-corrected chi connectivity index (χ1v) is 13.6. The molecule has 1 saturated heterocycles. The lowest BCUT2D eigenvalue weighted by atomic mass is 9.81. The maximum Gasteiger partial charge on any atom is 0.339 e. The Morgan fingerprint density at radius 2 is 1.52 bits per heavy atom. The average molecular weight is 531 g/mol. The Morgan fingerprint density at radius 3 is 2.27 bits per heavy atom. The number of hydrogen-bond donors (Lipinski definition) is 0. The summed E-state index contributed by atoms with van der Waals surface area (Å²) in [5.41, 5.74) is 3.03. The fourth-order valence-electron chi connectivity index (χ4n) is 6.88. The van der Waals surface area contributed by atoms with E-state index in [1.54, 1.807) is 60.7 Å². The van der Waals surface area contributed by atoms with Crippen molar-refractivity contribution in [2.45, 2.75) is 19.3 Å². The maximum atomic E-state index is 13.4. The van der Waals surface area contributed by atoms with Gasteiger partial charge in [0.15, 0.2) is 12.4 Å². The number of ketones is 1. The molecule has 2 amide bonds. The third kappa shape index (κ3) is 3.92. The number of ether oxygens (including phenoxy) is 1. The molecule has 7 nitrogen and oxygen atoms in total. The highest BCUT2D eigenvalue weighted by atomic mass is 16.5. The second-order valence-electron chi connectivity index (χ2n) is 10.9. The first kappa shape index (κ1) is 24.4. The zero-order valence-electron chi connectivity index (χ0n) is 21.7. The Bertz CT molecular complexity index is 1670. The number of carbonyl (C=O) groups is 4. The van der Waals surface area contributed by atoms with Crippen LogP contribution < -0.4 is 4.90 Å². The second-order valence-corrected chi connectivity index (χ2v) is 10.9. The van der Waals surface area contributed by atoms with E-state index in [1.807, 2.05) is 24.3 Å². The predicted octanol–water partition coefficient (Wildman–Crippen LogP) is 5.48. The molecule has 4 atom stereocenters. The number of imide groups is 1. The summed E-state index contributed by atoms with van der Waals surface area (Å²) < 4.78 is 5.43. The van der Waals surface area contributed by atoms with E-state index in [2.05, 4.69) is 0 Å². The lowest BCUT2D eigenvalue weighted by molar-refractivity contribution is -0.123. The first-order valence-electron chi connectivity index (χ1n) is 13.6. The molecule has 7 rings (SSSR count). The van der Waals surface area contributed by atoms with Gasteiger partial charge in [-0.05, 0) is 55.4 Å². The molecule has 1 aliphatic heterocycles. The van der Waals surface area contributed by atoms with Gasteiger partial charge < -0.3 is 4.74 Å². The summed E-state index contributed by atoms with van der Waals surface area (Å²) in [5.74, 6) is -0.904. The van der Waals surface area contributed by atoms with Gasteiger partial charge in [-0.3, -0.25) is 19.3 Å². The predicted molar refractivity (Wildman–Crippen MR) is 149 cm³/mol. The van der Waals surface area contributed by atoms with Crippen LogP contribution in [-0.4, -0.2) is 35.2 Å². The molecule has 0 N–H and O–H groups in total. The number of pyridine rings is 1. The molecule has 3 fully saturated rings. The summed E-state index contributed by atoms with van der Waals surface area (Å²) in [7, 11) is 0. The topological polar surface area (TPSA) is 93.6 Å². The maximum absolute atomic E-state index is 13.4. The Labute approximate surface area is 230 Å². The molecule has 1 aromatic heterocycles. The third-order valence-electron chi connectivity index (χ3n) is 8.69. The van der Waals surface area contributed by atoms with Gasteiger partial charge in [-0.15, -0.1) is 0 Å². The van der Waals surface area contributed by atoms with Crippen molar-refractivity contribution >= 4 is 40.2 Å². The number of para-hydroxylation sites is 1. The molecule has 3 aromatic carbocycles. The monoisotopic (exact) mass is 530 g/mol. The van der Waals surface area contributed by atoms with Crippen molar-refractivity contribution in [2.75, 3.05) is 11.5 Å². The van der Waals surface area contributed by atoms with Gasteiger partial charge in [0.05, 0.1) is 34.3 Å². The number of hydrogen-bond acceptors (Lipinski definition) is 6. The molecule has 7 heteroatoms. The number of amides is 2. The molecule has 3 aliphatic rings. The largest absolute Gasteiger partial charge is 0.454 e. The molecule has 40 heavy (non-hydrogen) atoms. The van der Waals surface area contributed by atoms with Crippen LogP contribution in [-0.2, 0) is 14.3 Å². The normalized spacial score (nSPS) is 23.1. The van der Waals surface area contributed by atoms with E-state index in [0.717, 1.165) is 19.3 Å². The zero-order chi connectivity index (χ0) is 27.4. The van der Waals surface area contributed by atoms with E-state index >= 15 is 0 Å².